The summed E-state index contributed by atoms with van der Waals surface area (Å²) >= 11 is 0. The molecule has 0 aliphatic carbocycles. The zero-order valence-electron chi connectivity index (χ0n) is 12.2. The van der Waals surface area contributed by atoms with Crippen LogP contribution in [-0.2, 0) is 4.79 Å². The van der Waals surface area contributed by atoms with E-state index in [0.29, 0.717) is 0 Å². The summed E-state index contributed by atoms with van der Waals surface area (Å²) in [6.45, 7) is 1.80. The van der Waals surface area contributed by atoms with E-state index in [1.807, 2.05) is 48.5 Å². The summed E-state index contributed by atoms with van der Waals surface area (Å²) in [6.07, 6.45) is 3.01. The fraction of sp³-hybridized carbons (Fsp3) is 0.0526. The minimum atomic E-state index is -0.931. The van der Waals surface area contributed by atoms with Crippen LogP contribution in [0.25, 0.3) is 27.6 Å². The molecule has 1 aromatic heterocycles. The molecule has 1 heterocycles. The Hall–Kier alpha value is -2.94. The van der Waals surface area contributed by atoms with Gasteiger partial charge in [-0.25, -0.2) is 4.79 Å². The number of nitrogens with zero attached hydrogens (tertiary/aromatic N) is 1. The fourth-order valence-corrected chi connectivity index (χ4v) is 2.47. The van der Waals surface area contributed by atoms with Gasteiger partial charge in [0.05, 0.1) is 5.52 Å². The molecule has 3 rings (SSSR count). The maximum absolute atomic E-state index is 10.8. The van der Waals surface area contributed by atoms with Gasteiger partial charge in [-0.15, -0.1) is 0 Å². The fourth-order valence-electron chi connectivity index (χ4n) is 2.47. The van der Waals surface area contributed by atoms with Crippen molar-refractivity contribution in [1.82, 2.24) is 4.98 Å². The smallest absolute Gasteiger partial charge is 0.328 e. The lowest BCUT2D eigenvalue weighted by Gasteiger charge is -2.07. The van der Waals surface area contributed by atoms with Gasteiger partial charge >= 0.3 is 5.97 Å². The molecule has 0 unspecified atom stereocenters. The molecule has 2 aromatic carbocycles. The number of aromatic nitrogens is 1. The molecule has 0 radical (unpaired) electrons. The van der Waals surface area contributed by atoms with Crippen LogP contribution in [0.2, 0.25) is 0 Å². The molecule has 3 nitrogen and oxygen atoms in total. The van der Waals surface area contributed by atoms with Gasteiger partial charge in [0.1, 0.15) is 0 Å². The van der Waals surface area contributed by atoms with Crippen LogP contribution in [0, 0.1) is 0 Å². The summed E-state index contributed by atoms with van der Waals surface area (Å²) in [5, 5.41) is 9.95. The summed E-state index contributed by atoms with van der Waals surface area (Å²) in [6, 6.07) is 18.0. The topological polar surface area (TPSA) is 50.2 Å². The van der Waals surface area contributed by atoms with Crippen molar-refractivity contribution in [2.45, 2.75) is 6.92 Å². The summed E-state index contributed by atoms with van der Waals surface area (Å²) in [4.78, 5) is 15.1. The third kappa shape index (κ3) is 2.88. The minimum Gasteiger partial charge on any atom is -0.478 e. The van der Waals surface area contributed by atoms with E-state index in [1.54, 1.807) is 13.1 Å². The third-order valence-electron chi connectivity index (χ3n) is 3.59. The molecule has 3 aromatic rings. The average molecular weight is 289 g/mol. The van der Waals surface area contributed by atoms with Crippen molar-refractivity contribution in [2.75, 3.05) is 0 Å². The predicted octanol–water partition coefficient (Wildman–Crippen LogP) is 4.39. The highest BCUT2D eigenvalue weighted by Crippen LogP contribution is 2.26. The molecule has 1 N–H and O–H groups in total. The monoisotopic (exact) mass is 289 g/mol. The second kappa shape index (κ2) is 5.82. The highest BCUT2D eigenvalue weighted by atomic mass is 16.4. The first-order valence-corrected chi connectivity index (χ1v) is 7.00. The molecule has 0 spiro atoms. The van der Waals surface area contributed by atoms with Crippen LogP contribution in [0.4, 0.5) is 0 Å². The Morgan fingerprint density at radius 3 is 2.68 bits per heavy atom. The van der Waals surface area contributed by atoms with Gasteiger partial charge < -0.3 is 5.11 Å². The summed E-state index contributed by atoms with van der Waals surface area (Å²) < 4.78 is 0. The first-order chi connectivity index (χ1) is 10.6. The average Bonchev–Trinajstić information content (AvgIpc) is 2.54. The Morgan fingerprint density at radius 2 is 1.86 bits per heavy atom. The Morgan fingerprint density at radius 1 is 1.05 bits per heavy atom. The molecule has 108 valence electrons. The number of carbonyl (C=O) groups is 1. The van der Waals surface area contributed by atoms with Gasteiger partial charge in [0, 0.05) is 17.7 Å². The van der Waals surface area contributed by atoms with E-state index in [9.17, 15) is 4.79 Å². The van der Waals surface area contributed by atoms with Crippen LogP contribution in [0.5, 0.6) is 0 Å². The molecule has 0 saturated carbocycles. The molecule has 0 fully saturated rings. The van der Waals surface area contributed by atoms with Crippen molar-refractivity contribution in [3.8, 4) is 11.1 Å². The maximum atomic E-state index is 10.8. The van der Waals surface area contributed by atoms with Crippen LogP contribution in [0.1, 0.15) is 12.5 Å². The van der Waals surface area contributed by atoms with Crippen molar-refractivity contribution >= 4 is 22.4 Å². The molecule has 0 atom stereocenters. The first kappa shape index (κ1) is 14.0. The van der Waals surface area contributed by atoms with Gasteiger partial charge in [0.25, 0.3) is 0 Å². The molecular formula is C19H15NO2. The summed E-state index contributed by atoms with van der Waals surface area (Å²) in [5.41, 5.74) is 4.75. The van der Waals surface area contributed by atoms with E-state index >= 15 is 0 Å². The molecule has 3 heteroatoms. The number of allylic oxidation sites excluding steroid dienone is 1. The Kier molecular flexibility index (Phi) is 3.71. The Balaban J connectivity index is 2.05. The highest BCUT2D eigenvalue weighted by molar-refractivity contribution is 5.90. The SMILES string of the molecule is C/C(=C\C(=O)O)c1cccc(-c2ccc3ncccc3c2)c1. The molecule has 0 saturated heterocycles. The predicted molar refractivity (Wildman–Crippen MR) is 88.5 cm³/mol. The lowest BCUT2D eigenvalue weighted by Crippen LogP contribution is -1.90. The number of pyridine rings is 1. The maximum Gasteiger partial charge on any atom is 0.328 e. The van der Waals surface area contributed by atoms with Gasteiger partial charge in [-0.2, -0.15) is 0 Å². The lowest BCUT2D eigenvalue weighted by atomic mass is 9.98. The van der Waals surface area contributed by atoms with E-state index in [4.69, 9.17) is 5.11 Å². The molecule has 0 aliphatic heterocycles. The Bertz CT molecular complexity index is 881. The zero-order valence-corrected chi connectivity index (χ0v) is 12.2. The van der Waals surface area contributed by atoms with Crippen LogP contribution in [0.3, 0.4) is 0 Å². The van der Waals surface area contributed by atoms with E-state index in [0.717, 1.165) is 33.2 Å². The van der Waals surface area contributed by atoms with E-state index in [2.05, 4.69) is 11.1 Å². The number of hydrogen-bond acceptors (Lipinski definition) is 2. The number of hydrogen-bond donors (Lipinski definition) is 1. The summed E-state index contributed by atoms with van der Waals surface area (Å²) in [7, 11) is 0. The van der Waals surface area contributed by atoms with Crippen LogP contribution in [0.15, 0.2) is 66.9 Å². The number of fused-ring (bicyclic) bond motifs is 1. The number of rotatable bonds is 3. The number of aliphatic carboxylic acids is 1. The molecule has 0 amide bonds. The largest absolute Gasteiger partial charge is 0.478 e. The van der Waals surface area contributed by atoms with Gasteiger partial charge in [-0.3, -0.25) is 4.98 Å². The highest BCUT2D eigenvalue weighted by Gasteiger charge is 2.04. The van der Waals surface area contributed by atoms with E-state index < -0.39 is 5.97 Å². The minimum absolute atomic E-state index is 0.733. The number of carboxylic acid groups (broad SMARTS) is 1. The van der Waals surface area contributed by atoms with Crippen molar-refractivity contribution < 1.29 is 9.90 Å². The van der Waals surface area contributed by atoms with E-state index in [1.165, 1.54) is 6.08 Å². The van der Waals surface area contributed by atoms with Crippen molar-refractivity contribution in [3.05, 3.63) is 72.4 Å². The van der Waals surface area contributed by atoms with Crippen molar-refractivity contribution in [1.29, 1.82) is 0 Å². The van der Waals surface area contributed by atoms with Crippen LogP contribution in [-0.4, -0.2) is 16.1 Å². The molecule has 0 bridgehead atoms. The molecular weight excluding hydrogens is 274 g/mol. The summed E-state index contributed by atoms with van der Waals surface area (Å²) in [5.74, 6) is -0.931. The quantitative estimate of drug-likeness (QED) is 0.727. The lowest BCUT2D eigenvalue weighted by molar-refractivity contribution is -0.131. The van der Waals surface area contributed by atoms with Gasteiger partial charge in [0.15, 0.2) is 0 Å². The number of benzene rings is 2. The Labute approximate surface area is 128 Å². The van der Waals surface area contributed by atoms with Gasteiger partial charge in [0.2, 0.25) is 0 Å². The van der Waals surface area contributed by atoms with Gasteiger partial charge in [-0.05, 0) is 53.5 Å². The third-order valence-corrected chi connectivity index (χ3v) is 3.59. The zero-order chi connectivity index (χ0) is 15.5. The molecule has 0 aliphatic rings. The normalized spacial score (nSPS) is 11.6. The first-order valence-electron chi connectivity index (χ1n) is 7.00. The van der Waals surface area contributed by atoms with Gasteiger partial charge in [-0.1, -0.05) is 30.3 Å². The van der Waals surface area contributed by atoms with Crippen molar-refractivity contribution in [2.24, 2.45) is 0 Å². The molecule has 22 heavy (non-hydrogen) atoms. The van der Waals surface area contributed by atoms with E-state index in [-0.39, 0.29) is 0 Å². The standard InChI is InChI=1S/C19H15NO2/c1-13(10-19(21)22)14-4-2-5-15(11-14)16-7-8-18-17(12-16)6-3-9-20-18/h2-12H,1H3,(H,21,22)/b13-10+. The second-order valence-corrected chi connectivity index (χ2v) is 5.16. The second-order valence-electron chi connectivity index (χ2n) is 5.16. The van der Waals surface area contributed by atoms with Crippen LogP contribution >= 0.6 is 0 Å². The number of carboxylic acids is 1. The van der Waals surface area contributed by atoms with Crippen molar-refractivity contribution in [3.63, 3.8) is 0 Å². The van der Waals surface area contributed by atoms with Crippen LogP contribution < -0.4 is 0 Å².